The van der Waals surface area contributed by atoms with Gasteiger partial charge in [-0.05, 0) is 42.8 Å². The minimum Gasteiger partial charge on any atom is -0.207 e. The zero-order chi connectivity index (χ0) is 14.8. The Bertz CT molecular complexity index is 701. The lowest BCUT2D eigenvalue weighted by molar-refractivity contribution is 0.566. The smallest absolute Gasteiger partial charge is 0.207 e. The zero-order valence-corrected chi connectivity index (χ0v) is 12.2. The predicted molar refractivity (Wildman–Crippen MR) is 76.6 cm³/mol. The van der Waals surface area contributed by atoms with E-state index in [9.17, 15) is 12.8 Å². The van der Waals surface area contributed by atoms with Gasteiger partial charge in [0.05, 0.1) is 4.90 Å². The van der Waals surface area contributed by atoms with Crippen LogP contribution >= 0.6 is 11.6 Å². The fourth-order valence-electron chi connectivity index (χ4n) is 1.80. The highest BCUT2D eigenvalue weighted by atomic mass is 35.5. The van der Waals surface area contributed by atoms with Crippen molar-refractivity contribution >= 4 is 21.6 Å². The molecule has 3 nitrogen and oxygen atoms in total. The van der Waals surface area contributed by atoms with Gasteiger partial charge in [-0.2, -0.15) is 0 Å². The second-order valence-corrected chi connectivity index (χ2v) is 6.44. The molecular formula is C14H13ClFNO2S. The van der Waals surface area contributed by atoms with Gasteiger partial charge in [-0.25, -0.2) is 17.5 Å². The van der Waals surface area contributed by atoms with Crippen molar-refractivity contribution in [3.05, 3.63) is 64.9 Å². The Labute approximate surface area is 122 Å². The van der Waals surface area contributed by atoms with E-state index in [0.717, 1.165) is 12.1 Å². The minimum atomic E-state index is -3.72. The number of hydrogen-bond donors (Lipinski definition) is 1. The van der Waals surface area contributed by atoms with Crippen LogP contribution in [0.25, 0.3) is 0 Å². The maximum absolute atomic E-state index is 12.8. The van der Waals surface area contributed by atoms with E-state index in [1.807, 2.05) is 0 Å². The molecule has 0 saturated heterocycles. The van der Waals surface area contributed by atoms with Crippen LogP contribution in [0.1, 0.15) is 18.5 Å². The molecule has 0 fully saturated rings. The van der Waals surface area contributed by atoms with Crippen LogP contribution in [0.4, 0.5) is 4.39 Å². The van der Waals surface area contributed by atoms with Crippen molar-refractivity contribution < 1.29 is 12.8 Å². The molecule has 0 unspecified atom stereocenters. The van der Waals surface area contributed by atoms with Gasteiger partial charge < -0.3 is 0 Å². The quantitative estimate of drug-likeness (QED) is 0.938. The Morgan fingerprint density at radius 3 is 2.30 bits per heavy atom. The van der Waals surface area contributed by atoms with Gasteiger partial charge >= 0.3 is 0 Å². The standard InChI is InChI=1S/C14H13ClFNO2S/c1-10(13-4-2-3-5-14(13)15)17-20(18,19)12-8-6-11(16)7-9-12/h2-10,17H,1H3/t10-/m1/s1. The van der Waals surface area contributed by atoms with Gasteiger partial charge in [0.25, 0.3) is 0 Å². The van der Waals surface area contributed by atoms with Crippen LogP contribution in [0, 0.1) is 5.82 Å². The minimum absolute atomic E-state index is 0.0119. The van der Waals surface area contributed by atoms with E-state index in [1.165, 1.54) is 12.1 Å². The van der Waals surface area contributed by atoms with Crippen LogP contribution in [0.2, 0.25) is 5.02 Å². The molecule has 0 bridgehead atoms. The van der Waals surface area contributed by atoms with Gasteiger partial charge in [0.15, 0.2) is 0 Å². The highest BCUT2D eigenvalue weighted by molar-refractivity contribution is 7.89. The molecule has 2 rings (SSSR count). The summed E-state index contributed by atoms with van der Waals surface area (Å²) in [6.07, 6.45) is 0. The summed E-state index contributed by atoms with van der Waals surface area (Å²) in [5.41, 5.74) is 0.680. The van der Waals surface area contributed by atoms with E-state index in [4.69, 9.17) is 11.6 Å². The second kappa shape index (κ2) is 5.91. The SMILES string of the molecule is C[C@@H](NS(=O)(=O)c1ccc(F)cc1)c1ccccc1Cl. The second-order valence-electron chi connectivity index (χ2n) is 4.32. The van der Waals surface area contributed by atoms with E-state index < -0.39 is 21.9 Å². The molecule has 0 spiro atoms. The molecule has 2 aromatic carbocycles. The average Bonchev–Trinajstić information content (AvgIpc) is 2.39. The van der Waals surface area contributed by atoms with Crippen molar-refractivity contribution in [1.82, 2.24) is 4.72 Å². The molecule has 106 valence electrons. The molecule has 0 aliphatic heterocycles. The van der Waals surface area contributed by atoms with Crippen molar-refractivity contribution in [2.75, 3.05) is 0 Å². The van der Waals surface area contributed by atoms with Crippen LogP contribution in [0.3, 0.4) is 0 Å². The predicted octanol–water partition coefficient (Wildman–Crippen LogP) is 3.52. The fourth-order valence-corrected chi connectivity index (χ4v) is 3.33. The first kappa shape index (κ1) is 15.0. The normalized spacial score (nSPS) is 13.2. The third-order valence-corrected chi connectivity index (χ3v) is 4.73. The van der Waals surface area contributed by atoms with Crippen molar-refractivity contribution in [2.45, 2.75) is 17.9 Å². The highest BCUT2D eigenvalue weighted by Crippen LogP contribution is 2.24. The molecular weight excluding hydrogens is 301 g/mol. The van der Waals surface area contributed by atoms with E-state index in [0.29, 0.717) is 10.6 Å². The summed E-state index contributed by atoms with van der Waals surface area (Å²) in [5.74, 6) is -0.483. The zero-order valence-electron chi connectivity index (χ0n) is 10.7. The van der Waals surface area contributed by atoms with Crippen LogP contribution < -0.4 is 4.72 Å². The van der Waals surface area contributed by atoms with Crippen LogP contribution in [0.5, 0.6) is 0 Å². The lowest BCUT2D eigenvalue weighted by Crippen LogP contribution is -2.27. The van der Waals surface area contributed by atoms with Crippen LogP contribution in [-0.2, 0) is 10.0 Å². The van der Waals surface area contributed by atoms with E-state index in [2.05, 4.69) is 4.72 Å². The molecule has 0 aliphatic carbocycles. The Morgan fingerprint density at radius 2 is 1.70 bits per heavy atom. The first-order valence-corrected chi connectivity index (χ1v) is 7.78. The topological polar surface area (TPSA) is 46.2 Å². The monoisotopic (exact) mass is 313 g/mol. The molecule has 1 N–H and O–H groups in total. The summed E-state index contributed by atoms with van der Waals surface area (Å²) in [7, 11) is -3.72. The third-order valence-electron chi connectivity index (χ3n) is 2.83. The maximum Gasteiger partial charge on any atom is 0.241 e. The van der Waals surface area contributed by atoms with Gasteiger partial charge in [-0.1, -0.05) is 29.8 Å². The lowest BCUT2D eigenvalue weighted by Gasteiger charge is -2.15. The number of hydrogen-bond acceptors (Lipinski definition) is 2. The van der Waals surface area contributed by atoms with Crippen molar-refractivity contribution in [2.24, 2.45) is 0 Å². The average molecular weight is 314 g/mol. The Balaban J connectivity index is 2.24. The first-order chi connectivity index (χ1) is 9.40. The molecule has 1 atom stereocenters. The number of sulfonamides is 1. The van der Waals surface area contributed by atoms with E-state index in [-0.39, 0.29) is 4.90 Å². The Hall–Kier alpha value is -1.43. The van der Waals surface area contributed by atoms with Gasteiger partial charge in [-0.3, -0.25) is 0 Å². The summed E-state index contributed by atoms with van der Waals surface area (Å²) >= 11 is 6.03. The maximum atomic E-state index is 12.8. The molecule has 0 heterocycles. The molecule has 20 heavy (non-hydrogen) atoms. The molecule has 2 aromatic rings. The number of nitrogens with one attached hydrogen (secondary N) is 1. The van der Waals surface area contributed by atoms with Crippen molar-refractivity contribution in [3.8, 4) is 0 Å². The first-order valence-electron chi connectivity index (χ1n) is 5.92. The lowest BCUT2D eigenvalue weighted by atomic mass is 10.1. The Morgan fingerprint density at radius 1 is 1.10 bits per heavy atom. The number of benzene rings is 2. The molecule has 0 amide bonds. The third kappa shape index (κ3) is 3.36. The number of rotatable bonds is 4. The molecule has 0 aliphatic rings. The summed E-state index contributed by atoms with van der Waals surface area (Å²) in [6, 6.07) is 11.2. The van der Waals surface area contributed by atoms with Gasteiger partial charge in [0, 0.05) is 11.1 Å². The molecule has 0 saturated carbocycles. The van der Waals surface area contributed by atoms with Crippen molar-refractivity contribution in [1.29, 1.82) is 0 Å². The van der Waals surface area contributed by atoms with Gasteiger partial charge in [0.1, 0.15) is 5.82 Å². The molecule has 6 heteroatoms. The van der Waals surface area contributed by atoms with Gasteiger partial charge in [0.2, 0.25) is 10.0 Å². The summed E-state index contributed by atoms with van der Waals surface area (Å²) in [6.45, 7) is 1.70. The van der Waals surface area contributed by atoms with Crippen LogP contribution in [0.15, 0.2) is 53.4 Å². The summed E-state index contributed by atoms with van der Waals surface area (Å²) in [5, 5.41) is 0.488. The molecule has 0 radical (unpaired) electrons. The summed E-state index contributed by atoms with van der Waals surface area (Å²) in [4.78, 5) is 0.0119. The molecule has 0 aromatic heterocycles. The van der Waals surface area contributed by atoms with E-state index >= 15 is 0 Å². The van der Waals surface area contributed by atoms with Crippen LogP contribution in [-0.4, -0.2) is 8.42 Å². The van der Waals surface area contributed by atoms with Gasteiger partial charge in [-0.15, -0.1) is 0 Å². The van der Waals surface area contributed by atoms with Crippen molar-refractivity contribution in [3.63, 3.8) is 0 Å². The number of halogens is 2. The Kier molecular flexibility index (Phi) is 4.42. The largest absolute Gasteiger partial charge is 0.241 e. The summed E-state index contributed by atoms with van der Waals surface area (Å²) < 4.78 is 39.7. The fraction of sp³-hybridized carbons (Fsp3) is 0.143. The highest BCUT2D eigenvalue weighted by Gasteiger charge is 2.19. The van der Waals surface area contributed by atoms with E-state index in [1.54, 1.807) is 31.2 Å².